The van der Waals surface area contributed by atoms with Crippen LogP contribution in [0.4, 0.5) is 5.69 Å². The van der Waals surface area contributed by atoms with Crippen LogP contribution in [-0.2, 0) is 9.47 Å². The Morgan fingerprint density at radius 3 is 2.41 bits per heavy atom. The first-order valence-electron chi connectivity index (χ1n) is 9.02. The zero-order chi connectivity index (χ0) is 18.2. The molecule has 136 valence electrons. The molecule has 0 spiro atoms. The van der Waals surface area contributed by atoms with E-state index >= 15 is 0 Å². The second kappa shape index (κ2) is 6.68. The summed E-state index contributed by atoms with van der Waals surface area (Å²) in [5.74, 6) is 2.28. The van der Waals surface area contributed by atoms with E-state index in [0.29, 0.717) is 32.3 Å². The van der Waals surface area contributed by atoms with Gasteiger partial charge < -0.3 is 18.9 Å². The summed E-state index contributed by atoms with van der Waals surface area (Å²) in [6.45, 7) is 2.20. The number of fused-ring (bicyclic) bond motifs is 1. The maximum Gasteiger partial charge on any atom is 0.227 e. The van der Waals surface area contributed by atoms with Crippen molar-refractivity contribution in [2.45, 2.75) is 0 Å². The molecule has 0 atom stereocenters. The highest BCUT2D eigenvalue weighted by atomic mass is 16.5. The van der Waals surface area contributed by atoms with Gasteiger partial charge in [0.15, 0.2) is 0 Å². The van der Waals surface area contributed by atoms with Crippen molar-refractivity contribution in [1.82, 2.24) is 0 Å². The number of methoxy groups -OCH3 is 1. The Balaban J connectivity index is 1.27. The molecule has 0 amide bonds. The Morgan fingerprint density at radius 2 is 1.59 bits per heavy atom. The summed E-state index contributed by atoms with van der Waals surface area (Å²) < 4.78 is 22.1. The molecule has 27 heavy (non-hydrogen) atoms. The predicted molar refractivity (Wildman–Crippen MR) is 104 cm³/mol. The van der Waals surface area contributed by atoms with E-state index in [-0.39, 0.29) is 0 Å². The number of nitrogens with zero attached hydrogens (tertiary/aromatic N) is 1. The van der Waals surface area contributed by atoms with Crippen LogP contribution in [0.3, 0.4) is 0 Å². The van der Waals surface area contributed by atoms with Crippen LogP contribution in [0, 0.1) is 0 Å². The van der Waals surface area contributed by atoms with Gasteiger partial charge in [-0.25, -0.2) is 4.99 Å². The van der Waals surface area contributed by atoms with Crippen molar-refractivity contribution in [1.29, 1.82) is 0 Å². The lowest BCUT2D eigenvalue weighted by molar-refractivity contribution is 0.0544. The van der Waals surface area contributed by atoms with E-state index in [1.165, 1.54) is 16.5 Å². The molecular formula is C22H19NO4. The number of hydrogen-bond donors (Lipinski definition) is 0. The summed E-state index contributed by atoms with van der Waals surface area (Å²) in [5, 5.41) is 2.42. The molecule has 5 heteroatoms. The molecule has 0 bridgehead atoms. The van der Waals surface area contributed by atoms with E-state index in [2.05, 4.69) is 18.2 Å². The number of ether oxygens (including phenoxy) is 4. The van der Waals surface area contributed by atoms with Crippen molar-refractivity contribution in [3.05, 3.63) is 54.1 Å². The second-order valence-corrected chi connectivity index (χ2v) is 6.49. The monoisotopic (exact) mass is 361 g/mol. The molecule has 0 unspecified atom stereocenters. The number of benzene rings is 3. The maximum atomic E-state index is 6.07. The lowest BCUT2D eigenvalue weighted by atomic mass is 10.1. The molecule has 0 saturated heterocycles. The number of rotatable bonds is 8. The standard InChI is InChI=1S/C22H19NO4/c1-24-10-11-25-12-13-26-15-4-2-14(3-5-15)22-23-18-8-6-16-17-7-9-19(27-22)21(18)20(16)17/h2-9H,10-13H2,1H3. The molecule has 0 saturated carbocycles. The summed E-state index contributed by atoms with van der Waals surface area (Å²) in [5.41, 5.74) is 4.52. The van der Waals surface area contributed by atoms with E-state index in [9.17, 15) is 0 Å². The summed E-state index contributed by atoms with van der Waals surface area (Å²) in [4.78, 5) is 4.72. The van der Waals surface area contributed by atoms with Crippen LogP contribution in [0.15, 0.2) is 53.5 Å². The first-order chi connectivity index (χ1) is 13.3. The fourth-order valence-electron chi connectivity index (χ4n) is 3.39. The third-order valence-corrected chi connectivity index (χ3v) is 4.79. The average molecular weight is 361 g/mol. The van der Waals surface area contributed by atoms with Gasteiger partial charge in [0.25, 0.3) is 0 Å². The SMILES string of the molecule is COCCOCCOc1ccc(C2=Nc3ccc4c5c-4ccc(c35)O2)cc1. The lowest BCUT2D eigenvalue weighted by Crippen LogP contribution is -2.13. The van der Waals surface area contributed by atoms with Gasteiger partial charge in [0, 0.05) is 18.1 Å². The molecule has 0 aromatic heterocycles. The van der Waals surface area contributed by atoms with Crippen molar-refractivity contribution < 1.29 is 18.9 Å². The summed E-state index contributed by atoms with van der Waals surface area (Å²) >= 11 is 0. The van der Waals surface area contributed by atoms with Crippen LogP contribution in [0.25, 0.3) is 21.9 Å². The Kier molecular flexibility index (Phi) is 4.03. The largest absolute Gasteiger partial charge is 0.491 e. The summed E-state index contributed by atoms with van der Waals surface area (Å²) in [6, 6.07) is 16.1. The molecule has 2 aliphatic rings. The molecule has 1 aliphatic carbocycles. The second-order valence-electron chi connectivity index (χ2n) is 6.49. The van der Waals surface area contributed by atoms with Crippen LogP contribution in [0.5, 0.6) is 11.5 Å². The van der Waals surface area contributed by atoms with E-state index in [4.69, 9.17) is 23.9 Å². The van der Waals surface area contributed by atoms with E-state index < -0.39 is 0 Å². The highest BCUT2D eigenvalue weighted by Crippen LogP contribution is 2.54. The zero-order valence-electron chi connectivity index (χ0n) is 15.0. The quantitative estimate of drug-likeness (QED) is 0.438. The molecular weight excluding hydrogens is 342 g/mol. The van der Waals surface area contributed by atoms with Gasteiger partial charge in [-0.2, -0.15) is 0 Å². The molecule has 5 nitrogen and oxygen atoms in total. The molecule has 3 aromatic carbocycles. The normalized spacial score (nSPS) is 13.3. The Labute approximate surface area is 157 Å². The van der Waals surface area contributed by atoms with Gasteiger partial charge in [-0.15, -0.1) is 0 Å². The van der Waals surface area contributed by atoms with Crippen LogP contribution in [0.1, 0.15) is 5.56 Å². The Hall–Kier alpha value is -2.89. The third-order valence-electron chi connectivity index (χ3n) is 4.79. The van der Waals surface area contributed by atoms with Crippen molar-refractivity contribution in [3.63, 3.8) is 0 Å². The molecule has 1 aliphatic heterocycles. The van der Waals surface area contributed by atoms with Gasteiger partial charge in [0.2, 0.25) is 5.90 Å². The third kappa shape index (κ3) is 2.95. The first-order valence-corrected chi connectivity index (χ1v) is 9.02. The fourth-order valence-corrected chi connectivity index (χ4v) is 3.39. The highest BCUT2D eigenvalue weighted by molar-refractivity contribution is 6.26. The molecule has 3 aromatic rings. The minimum atomic E-state index is 0.501. The van der Waals surface area contributed by atoms with Crippen LogP contribution in [-0.4, -0.2) is 39.4 Å². The molecule has 5 rings (SSSR count). The van der Waals surface area contributed by atoms with Gasteiger partial charge >= 0.3 is 0 Å². The minimum absolute atomic E-state index is 0.501. The van der Waals surface area contributed by atoms with Crippen LogP contribution < -0.4 is 9.47 Å². The van der Waals surface area contributed by atoms with Gasteiger partial charge in [-0.1, -0.05) is 6.07 Å². The van der Waals surface area contributed by atoms with Crippen LogP contribution in [0.2, 0.25) is 0 Å². The van der Waals surface area contributed by atoms with Gasteiger partial charge in [0.05, 0.1) is 30.9 Å². The summed E-state index contributed by atoms with van der Waals surface area (Å²) in [7, 11) is 1.66. The number of hydrogen-bond acceptors (Lipinski definition) is 5. The van der Waals surface area contributed by atoms with Crippen molar-refractivity contribution in [2.75, 3.05) is 33.5 Å². The molecule has 0 fully saturated rings. The van der Waals surface area contributed by atoms with Crippen molar-refractivity contribution in [3.8, 4) is 22.6 Å². The highest BCUT2D eigenvalue weighted by Gasteiger charge is 2.28. The Morgan fingerprint density at radius 1 is 0.815 bits per heavy atom. The first kappa shape index (κ1) is 16.3. The van der Waals surface area contributed by atoms with Gasteiger partial charge in [-0.05, 0) is 53.6 Å². The smallest absolute Gasteiger partial charge is 0.227 e. The van der Waals surface area contributed by atoms with Gasteiger partial charge in [0.1, 0.15) is 18.1 Å². The van der Waals surface area contributed by atoms with E-state index in [1.807, 2.05) is 30.3 Å². The summed E-state index contributed by atoms with van der Waals surface area (Å²) in [6.07, 6.45) is 0. The topological polar surface area (TPSA) is 49.3 Å². The van der Waals surface area contributed by atoms with Crippen LogP contribution >= 0.6 is 0 Å². The zero-order valence-corrected chi connectivity index (χ0v) is 15.0. The van der Waals surface area contributed by atoms with Crippen molar-refractivity contribution in [2.24, 2.45) is 4.99 Å². The lowest BCUT2D eigenvalue weighted by Gasteiger charge is -2.16. The van der Waals surface area contributed by atoms with E-state index in [1.54, 1.807) is 7.11 Å². The fraction of sp³-hybridized carbons (Fsp3) is 0.227. The van der Waals surface area contributed by atoms with Gasteiger partial charge in [-0.3, -0.25) is 0 Å². The maximum absolute atomic E-state index is 6.07. The minimum Gasteiger partial charge on any atom is -0.491 e. The van der Waals surface area contributed by atoms with E-state index in [0.717, 1.165) is 28.1 Å². The molecule has 0 radical (unpaired) electrons. The number of aliphatic imine (C=N–C) groups is 1. The molecule has 0 N–H and O–H groups in total. The molecule has 1 heterocycles. The predicted octanol–water partition coefficient (Wildman–Crippen LogP) is 4.33. The average Bonchev–Trinajstić information content (AvgIpc) is 3.44. The Bertz CT molecular complexity index is 1030. The van der Waals surface area contributed by atoms with Crippen molar-refractivity contribution >= 4 is 22.4 Å².